The van der Waals surface area contributed by atoms with Crippen molar-refractivity contribution < 1.29 is 4.74 Å². The number of hydrogen-bond donors (Lipinski definition) is 0. The van der Waals surface area contributed by atoms with E-state index in [2.05, 4.69) is 56.3 Å². The fraction of sp³-hybridized carbons (Fsp3) is 0.200. The number of fused-ring (bicyclic) bond motifs is 1. The molecule has 2 aromatic heterocycles. The van der Waals surface area contributed by atoms with E-state index in [0.29, 0.717) is 6.61 Å². The lowest BCUT2D eigenvalue weighted by molar-refractivity contribution is 0.340. The van der Waals surface area contributed by atoms with Crippen LogP contribution in [0.5, 0.6) is 5.75 Å². The summed E-state index contributed by atoms with van der Waals surface area (Å²) in [4.78, 5) is 9.54. The number of pyridine rings is 2. The van der Waals surface area contributed by atoms with E-state index in [1.54, 1.807) is 0 Å². The van der Waals surface area contributed by atoms with Gasteiger partial charge < -0.3 is 4.74 Å². The average Bonchev–Trinajstić information content (AvgIpc) is 2.74. The first-order chi connectivity index (χ1) is 13.7. The predicted octanol–water partition coefficient (Wildman–Crippen LogP) is 6.23. The van der Waals surface area contributed by atoms with Crippen LogP contribution in [-0.4, -0.2) is 16.6 Å². The Kier molecular flexibility index (Phi) is 5.07. The Morgan fingerprint density at radius 3 is 2.29 bits per heavy atom. The van der Waals surface area contributed by atoms with Gasteiger partial charge in [-0.25, -0.2) is 4.98 Å². The van der Waals surface area contributed by atoms with Gasteiger partial charge >= 0.3 is 0 Å². The van der Waals surface area contributed by atoms with Crippen LogP contribution in [0.3, 0.4) is 0 Å². The Balaban J connectivity index is 1.67. The fourth-order valence-corrected chi connectivity index (χ4v) is 3.46. The highest BCUT2D eigenvalue weighted by Crippen LogP contribution is 2.27. The molecule has 0 aliphatic heterocycles. The summed E-state index contributed by atoms with van der Waals surface area (Å²) in [6, 6.07) is 20.9. The van der Waals surface area contributed by atoms with Gasteiger partial charge in [-0.1, -0.05) is 36.8 Å². The van der Waals surface area contributed by atoms with Gasteiger partial charge in [0, 0.05) is 17.1 Å². The zero-order chi connectivity index (χ0) is 19.5. The molecule has 0 radical (unpaired) electrons. The molecule has 0 spiro atoms. The molecule has 0 aliphatic rings. The molecule has 4 rings (SSSR count). The highest BCUT2D eigenvalue weighted by atomic mass is 16.5. The number of ether oxygens (including phenoxy) is 1. The van der Waals surface area contributed by atoms with Crippen molar-refractivity contribution in [3.8, 4) is 28.3 Å². The molecule has 0 unspecified atom stereocenters. The maximum Gasteiger partial charge on any atom is 0.119 e. The van der Waals surface area contributed by atoms with Crippen LogP contribution in [0.2, 0.25) is 0 Å². The summed E-state index contributed by atoms with van der Waals surface area (Å²) < 4.78 is 5.51. The van der Waals surface area contributed by atoms with Crippen molar-refractivity contribution >= 4 is 10.9 Å². The molecular weight excluding hydrogens is 344 g/mol. The average molecular weight is 368 g/mol. The van der Waals surface area contributed by atoms with Crippen molar-refractivity contribution in [2.45, 2.75) is 27.2 Å². The third kappa shape index (κ3) is 3.61. The first-order valence-corrected chi connectivity index (χ1v) is 9.78. The normalized spacial score (nSPS) is 11.0. The van der Waals surface area contributed by atoms with E-state index in [4.69, 9.17) is 14.7 Å². The quantitative estimate of drug-likeness (QED) is 0.418. The van der Waals surface area contributed by atoms with Gasteiger partial charge in [0.1, 0.15) is 5.75 Å². The van der Waals surface area contributed by atoms with E-state index in [0.717, 1.165) is 40.2 Å². The number of aryl methyl sites for hydroxylation is 2. The van der Waals surface area contributed by atoms with Gasteiger partial charge in [-0.05, 0) is 67.8 Å². The summed E-state index contributed by atoms with van der Waals surface area (Å²) in [7, 11) is 0. The lowest BCUT2D eigenvalue weighted by Crippen LogP contribution is -1.94. The molecule has 0 amide bonds. The zero-order valence-electron chi connectivity index (χ0n) is 16.6. The van der Waals surface area contributed by atoms with E-state index in [1.807, 2.05) is 31.3 Å². The Labute approximate surface area is 166 Å². The minimum atomic E-state index is 0.674. The smallest absolute Gasteiger partial charge is 0.119 e. The molecule has 0 atom stereocenters. The lowest BCUT2D eigenvalue weighted by Gasteiger charge is -2.10. The van der Waals surface area contributed by atoms with Gasteiger partial charge in [0.2, 0.25) is 0 Å². The van der Waals surface area contributed by atoms with E-state index >= 15 is 0 Å². The maximum atomic E-state index is 5.51. The summed E-state index contributed by atoms with van der Waals surface area (Å²) >= 11 is 0. The first kappa shape index (κ1) is 18.2. The second-order valence-electron chi connectivity index (χ2n) is 6.93. The zero-order valence-corrected chi connectivity index (χ0v) is 16.6. The summed E-state index contributed by atoms with van der Waals surface area (Å²) in [6.45, 7) is 6.97. The number of nitrogens with zero attached hydrogens (tertiary/aromatic N) is 2. The monoisotopic (exact) mass is 368 g/mol. The predicted molar refractivity (Wildman–Crippen MR) is 116 cm³/mol. The molecule has 28 heavy (non-hydrogen) atoms. The highest BCUT2D eigenvalue weighted by Gasteiger charge is 2.09. The van der Waals surface area contributed by atoms with Crippen LogP contribution in [0, 0.1) is 6.92 Å². The molecule has 0 fully saturated rings. The lowest BCUT2D eigenvalue weighted by atomic mass is 10.0. The molecule has 2 heterocycles. The first-order valence-electron chi connectivity index (χ1n) is 9.78. The van der Waals surface area contributed by atoms with Crippen molar-refractivity contribution in [3.05, 3.63) is 78.0 Å². The van der Waals surface area contributed by atoms with E-state index in [1.165, 1.54) is 16.5 Å². The molecule has 0 aliphatic carbocycles. The van der Waals surface area contributed by atoms with Gasteiger partial charge in [-0.3, -0.25) is 4.98 Å². The van der Waals surface area contributed by atoms with Crippen molar-refractivity contribution in [1.82, 2.24) is 9.97 Å². The van der Waals surface area contributed by atoms with Crippen LogP contribution in [0.1, 0.15) is 25.0 Å². The number of hydrogen-bond acceptors (Lipinski definition) is 3. The summed E-state index contributed by atoms with van der Waals surface area (Å²) in [5.74, 6) is 0.888. The third-order valence-corrected chi connectivity index (χ3v) is 4.96. The SMILES string of the molecule is CCOc1ccc(-c2ccc(-c3cc(CC)c4cc(C)ccc4n3)nc2)cc1. The van der Waals surface area contributed by atoms with E-state index in [9.17, 15) is 0 Å². The van der Waals surface area contributed by atoms with Crippen molar-refractivity contribution in [2.24, 2.45) is 0 Å². The van der Waals surface area contributed by atoms with E-state index < -0.39 is 0 Å². The third-order valence-electron chi connectivity index (χ3n) is 4.96. The van der Waals surface area contributed by atoms with Crippen LogP contribution in [-0.2, 0) is 6.42 Å². The van der Waals surface area contributed by atoms with Gasteiger partial charge in [0.15, 0.2) is 0 Å². The van der Waals surface area contributed by atoms with Gasteiger partial charge in [0.25, 0.3) is 0 Å². The Morgan fingerprint density at radius 2 is 1.61 bits per heavy atom. The second-order valence-corrected chi connectivity index (χ2v) is 6.93. The van der Waals surface area contributed by atoms with Crippen molar-refractivity contribution in [3.63, 3.8) is 0 Å². The molecule has 3 nitrogen and oxygen atoms in total. The molecule has 0 saturated carbocycles. The Hall–Kier alpha value is -3.20. The van der Waals surface area contributed by atoms with Gasteiger partial charge in [0.05, 0.1) is 23.5 Å². The molecule has 140 valence electrons. The molecule has 4 aromatic rings. The Bertz CT molecular complexity index is 1100. The van der Waals surface area contributed by atoms with Gasteiger partial charge in [-0.15, -0.1) is 0 Å². The molecule has 0 saturated heterocycles. The molecule has 3 heteroatoms. The second kappa shape index (κ2) is 7.81. The molecule has 0 bridgehead atoms. The van der Waals surface area contributed by atoms with Crippen molar-refractivity contribution in [2.75, 3.05) is 6.61 Å². The molecular formula is C25H24N2O. The standard InChI is InChI=1S/C25H24N2O/c1-4-18-15-25(27-23-12-6-17(3)14-22(18)23)24-13-9-20(16-26-24)19-7-10-21(11-8-19)28-5-2/h6-16H,4-5H2,1-3H3. The van der Waals surface area contributed by atoms with Gasteiger partial charge in [-0.2, -0.15) is 0 Å². The van der Waals surface area contributed by atoms with Crippen LogP contribution in [0.4, 0.5) is 0 Å². The topological polar surface area (TPSA) is 35.0 Å². The van der Waals surface area contributed by atoms with Crippen LogP contribution < -0.4 is 4.74 Å². The number of benzene rings is 2. The summed E-state index contributed by atoms with van der Waals surface area (Å²) in [5, 5.41) is 1.23. The molecule has 2 aromatic carbocycles. The van der Waals surface area contributed by atoms with Crippen LogP contribution in [0.25, 0.3) is 33.4 Å². The Morgan fingerprint density at radius 1 is 0.821 bits per heavy atom. The largest absolute Gasteiger partial charge is 0.494 e. The maximum absolute atomic E-state index is 5.51. The van der Waals surface area contributed by atoms with Crippen LogP contribution >= 0.6 is 0 Å². The minimum Gasteiger partial charge on any atom is -0.494 e. The number of rotatable bonds is 5. The summed E-state index contributed by atoms with van der Waals surface area (Å²) in [6.07, 6.45) is 2.89. The summed E-state index contributed by atoms with van der Waals surface area (Å²) in [5.41, 5.74) is 7.61. The highest BCUT2D eigenvalue weighted by molar-refractivity contribution is 5.85. The number of aromatic nitrogens is 2. The van der Waals surface area contributed by atoms with Crippen molar-refractivity contribution in [1.29, 1.82) is 0 Å². The van der Waals surface area contributed by atoms with Crippen LogP contribution in [0.15, 0.2) is 66.9 Å². The minimum absolute atomic E-state index is 0.674. The fourth-order valence-electron chi connectivity index (χ4n) is 3.46. The van der Waals surface area contributed by atoms with E-state index in [-0.39, 0.29) is 0 Å². The molecule has 0 N–H and O–H groups in total.